The van der Waals surface area contributed by atoms with Gasteiger partial charge in [-0.15, -0.1) is 0 Å². The van der Waals surface area contributed by atoms with Gasteiger partial charge in [0, 0.05) is 6.54 Å². The Balaban J connectivity index is 1.82. The van der Waals surface area contributed by atoms with Gasteiger partial charge in [-0.05, 0) is 50.4 Å². The summed E-state index contributed by atoms with van der Waals surface area (Å²) in [6, 6.07) is 5.67. The first kappa shape index (κ1) is 13.9. The third-order valence-corrected chi connectivity index (χ3v) is 3.69. The lowest BCUT2D eigenvalue weighted by Gasteiger charge is -2.29. The van der Waals surface area contributed by atoms with Gasteiger partial charge in [-0.3, -0.25) is 9.69 Å². The van der Waals surface area contributed by atoms with Crippen molar-refractivity contribution in [3.63, 3.8) is 0 Å². The molecule has 104 valence electrons. The normalized spacial score (nSPS) is 15.3. The molecule has 1 aromatic carbocycles. The molecule has 0 bridgehead atoms. The minimum atomic E-state index is -0.00243. The van der Waals surface area contributed by atoms with Gasteiger partial charge in [0.2, 0.25) is 5.91 Å². The maximum absolute atomic E-state index is 11.9. The molecule has 0 heterocycles. The minimum Gasteiger partial charge on any atom is -0.397 e. The van der Waals surface area contributed by atoms with Crippen LogP contribution in [0.5, 0.6) is 0 Å². The molecule has 0 aromatic heterocycles. The van der Waals surface area contributed by atoms with Crippen molar-refractivity contribution in [2.45, 2.75) is 26.2 Å². The van der Waals surface area contributed by atoms with Crippen LogP contribution in [0.1, 0.15) is 24.8 Å². The molecule has 0 radical (unpaired) electrons. The average molecular weight is 261 g/mol. The Hall–Kier alpha value is -1.55. The fourth-order valence-electron chi connectivity index (χ4n) is 2.41. The smallest absolute Gasteiger partial charge is 0.238 e. The van der Waals surface area contributed by atoms with Gasteiger partial charge in [-0.2, -0.15) is 0 Å². The number of rotatable bonds is 5. The molecule has 2 rings (SSSR count). The van der Waals surface area contributed by atoms with Gasteiger partial charge in [-0.25, -0.2) is 0 Å². The zero-order valence-corrected chi connectivity index (χ0v) is 11.8. The van der Waals surface area contributed by atoms with E-state index in [1.807, 2.05) is 32.2 Å². The summed E-state index contributed by atoms with van der Waals surface area (Å²) >= 11 is 0. The van der Waals surface area contributed by atoms with E-state index in [0.717, 1.165) is 18.0 Å². The fourth-order valence-corrected chi connectivity index (χ4v) is 2.41. The maximum Gasteiger partial charge on any atom is 0.238 e. The summed E-state index contributed by atoms with van der Waals surface area (Å²) < 4.78 is 0. The Bertz CT molecular complexity index is 455. The van der Waals surface area contributed by atoms with E-state index in [4.69, 9.17) is 5.73 Å². The first-order valence-electron chi connectivity index (χ1n) is 6.89. The van der Waals surface area contributed by atoms with Crippen molar-refractivity contribution >= 4 is 17.3 Å². The Morgan fingerprint density at radius 3 is 2.79 bits per heavy atom. The Labute approximate surface area is 115 Å². The number of amides is 1. The van der Waals surface area contributed by atoms with E-state index in [9.17, 15) is 4.79 Å². The Kier molecular flexibility index (Phi) is 4.43. The van der Waals surface area contributed by atoms with Crippen LogP contribution in [0.15, 0.2) is 18.2 Å². The Morgan fingerprint density at radius 1 is 1.47 bits per heavy atom. The quantitative estimate of drug-likeness (QED) is 0.799. The van der Waals surface area contributed by atoms with Crippen molar-refractivity contribution in [3.05, 3.63) is 23.8 Å². The molecule has 4 nitrogen and oxygen atoms in total. The minimum absolute atomic E-state index is 0.00243. The van der Waals surface area contributed by atoms with Crippen LogP contribution in [0.2, 0.25) is 0 Å². The van der Waals surface area contributed by atoms with Gasteiger partial charge in [0.05, 0.1) is 17.9 Å². The summed E-state index contributed by atoms with van der Waals surface area (Å²) in [7, 11) is 2.00. The number of anilines is 2. The molecule has 4 heteroatoms. The third-order valence-electron chi connectivity index (χ3n) is 3.69. The SMILES string of the molecule is Cc1ccc(NC(=O)CN(C)CC2CCC2)c(N)c1. The van der Waals surface area contributed by atoms with Gasteiger partial charge in [0.25, 0.3) is 0 Å². The second-order valence-electron chi connectivity index (χ2n) is 5.63. The number of nitrogens with two attached hydrogens (primary N) is 1. The highest BCUT2D eigenvalue weighted by Crippen LogP contribution is 2.26. The number of aryl methyl sites for hydroxylation is 1. The summed E-state index contributed by atoms with van der Waals surface area (Å²) in [4.78, 5) is 14.0. The third kappa shape index (κ3) is 3.96. The van der Waals surface area contributed by atoms with E-state index >= 15 is 0 Å². The number of benzene rings is 1. The van der Waals surface area contributed by atoms with Crippen molar-refractivity contribution in [3.8, 4) is 0 Å². The molecule has 1 aliphatic carbocycles. The van der Waals surface area contributed by atoms with E-state index < -0.39 is 0 Å². The van der Waals surface area contributed by atoms with Gasteiger partial charge in [-0.1, -0.05) is 12.5 Å². The van der Waals surface area contributed by atoms with E-state index in [1.165, 1.54) is 19.3 Å². The number of carbonyl (C=O) groups is 1. The highest BCUT2D eigenvalue weighted by Gasteiger charge is 2.20. The second kappa shape index (κ2) is 6.06. The number of hydrogen-bond acceptors (Lipinski definition) is 3. The molecule has 0 aliphatic heterocycles. The predicted octanol–water partition coefficient (Wildman–Crippen LogP) is 2.25. The lowest BCUT2D eigenvalue weighted by atomic mass is 9.85. The van der Waals surface area contributed by atoms with Gasteiger partial charge in [0.15, 0.2) is 0 Å². The molecule has 0 atom stereocenters. The summed E-state index contributed by atoms with van der Waals surface area (Å²) in [6.45, 7) is 3.41. The average Bonchev–Trinajstić information content (AvgIpc) is 2.27. The van der Waals surface area contributed by atoms with E-state index in [-0.39, 0.29) is 5.91 Å². The highest BCUT2D eigenvalue weighted by molar-refractivity contribution is 5.95. The number of nitrogens with one attached hydrogen (secondary N) is 1. The number of hydrogen-bond donors (Lipinski definition) is 2. The molecule has 0 unspecified atom stereocenters. The standard InChI is InChI=1S/C15H23N3O/c1-11-6-7-14(13(16)8-11)17-15(19)10-18(2)9-12-4-3-5-12/h6-8,12H,3-5,9-10,16H2,1-2H3,(H,17,19). The van der Waals surface area contributed by atoms with Crippen molar-refractivity contribution in [2.24, 2.45) is 5.92 Å². The van der Waals surface area contributed by atoms with Crippen LogP contribution in [-0.4, -0.2) is 30.9 Å². The van der Waals surface area contributed by atoms with Crippen molar-refractivity contribution in [1.29, 1.82) is 0 Å². The summed E-state index contributed by atoms with van der Waals surface area (Å²) in [5.41, 5.74) is 8.30. The molecule has 3 N–H and O–H groups in total. The van der Waals surface area contributed by atoms with Crippen LogP contribution in [0, 0.1) is 12.8 Å². The lowest BCUT2D eigenvalue weighted by Crippen LogP contribution is -2.35. The molecule has 0 spiro atoms. The van der Waals surface area contributed by atoms with Crippen LogP contribution >= 0.6 is 0 Å². The van der Waals surface area contributed by atoms with Gasteiger partial charge in [0.1, 0.15) is 0 Å². The van der Waals surface area contributed by atoms with E-state index in [1.54, 1.807) is 0 Å². The summed E-state index contributed by atoms with van der Waals surface area (Å²) in [5.74, 6) is 0.777. The largest absolute Gasteiger partial charge is 0.397 e. The van der Waals surface area contributed by atoms with Crippen LogP contribution in [0.25, 0.3) is 0 Å². The van der Waals surface area contributed by atoms with Gasteiger partial charge >= 0.3 is 0 Å². The first-order valence-corrected chi connectivity index (χ1v) is 6.89. The number of carbonyl (C=O) groups excluding carboxylic acids is 1. The zero-order valence-electron chi connectivity index (χ0n) is 11.8. The topological polar surface area (TPSA) is 58.4 Å². The number of nitrogen functional groups attached to an aromatic ring is 1. The van der Waals surface area contributed by atoms with Crippen molar-refractivity contribution in [1.82, 2.24) is 4.90 Å². The van der Waals surface area contributed by atoms with E-state index in [2.05, 4.69) is 10.2 Å². The lowest BCUT2D eigenvalue weighted by molar-refractivity contribution is -0.117. The molecular formula is C15H23N3O. The maximum atomic E-state index is 11.9. The zero-order chi connectivity index (χ0) is 13.8. The molecule has 1 saturated carbocycles. The summed E-state index contributed by atoms with van der Waals surface area (Å²) in [5, 5.41) is 2.87. The molecule has 1 aromatic rings. The molecule has 1 amide bonds. The summed E-state index contributed by atoms with van der Waals surface area (Å²) in [6.07, 6.45) is 3.94. The molecule has 19 heavy (non-hydrogen) atoms. The molecular weight excluding hydrogens is 238 g/mol. The number of likely N-dealkylation sites (N-methyl/N-ethyl adjacent to an activating group) is 1. The van der Waals surface area contributed by atoms with Crippen molar-refractivity contribution < 1.29 is 4.79 Å². The second-order valence-corrected chi connectivity index (χ2v) is 5.63. The molecule has 0 saturated heterocycles. The van der Waals surface area contributed by atoms with Crippen LogP contribution < -0.4 is 11.1 Å². The predicted molar refractivity (Wildman–Crippen MR) is 79.1 cm³/mol. The highest BCUT2D eigenvalue weighted by atomic mass is 16.2. The Morgan fingerprint density at radius 2 is 2.21 bits per heavy atom. The fraction of sp³-hybridized carbons (Fsp3) is 0.533. The van der Waals surface area contributed by atoms with Crippen molar-refractivity contribution in [2.75, 3.05) is 31.2 Å². The molecule has 1 aliphatic rings. The van der Waals surface area contributed by atoms with Gasteiger partial charge < -0.3 is 11.1 Å². The number of nitrogens with zero attached hydrogens (tertiary/aromatic N) is 1. The monoisotopic (exact) mass is 261 g/mol. The van der Waals surface area contributed by atoms with Crippen LogP contribution in [-0.2, 0) is 4.79 Å². The van der Waals surface area contributed by atoms with E-state index in [0.29, 0.717) is 17.9 Å². The first-order chi connectivity index (χ1) is 9.04. The molecule has 1 fully saturated rings. The van der Waals surface area contributed by atoms with Crippen LogP contribution in [0.3, 0.4) is 0 Å². The van der Waals surface area contributed by atoms with Crippen LogP contribution in [0.4, 0.5) is 11.4 Å².